The highest BCUT2D eigenvalue weighted by molar-refractivity contribution is 5.24. The van der Waals surface area contributed by atoms with Crippen LogP contribution in [0.3, 0.4) is 0 Å². The van der Waals surface area contributed by atoms with Gasteiger partial charge in [-0.05, 0) is 38.3 Å². The molecule has 1 aliphatic carbocycles. The Morgan fingerprint density at radius 3 is 2.27 bits per heavy atom. The zero-order valence-corrected chi connectivity index (χ0v) is 9.79. The van der Waals surface area contributed by atoms with Gasteiger partial charge in [0.05, 0.1) is 0 Å². The predicted octanol–water partition coefficient (Wildman–Crippen LogP) is 3.45. The Bertz CT molecular complexity index is 296. The van der Waals surface area contributed by atoms with Crippen LogP contribution < -0.4 is 5.32 Å². The SMILES string of the molecule is CNC(c1ccc(C)cc1)C1CCCC1. The van der Waals surface area contributed by atoms with Gasteiger partial charge < -0.3 is 5.32 Å². The second-order valence-corrected chi connectivity index (χ2v) is 4.72. The molecular formula is C14H21N. The largest absolute Gasteiger partial charge is 0.313 e. The van der Waals surface area contributed by atoms with E-state index in [1.165, 1.54) is 36.8 Å². The van der Waals surface area contributed by atoms with E-state index >= 15 is 0 Å². The fraction of sp³-hybridized carbons (Fsp3) is 0.571. The van der Waals surface area contributed by atoms with E-state index in [-0.39, 0.29) is 0 Å². The summed E-state index contributed by atoms with van der Waals surface area (Å²) in [7, 11) is 2.09. The highest BCUT2D eigenvalue weighted by atomic mass is 14.9. The standard InChI is InChI=1S/C14H21N/c1-11-7-9-13(10-8-11)14(15-2)12-5-3-4-6-12/h7-10,12,14-15H,3-6H2,1-2H3. The van der Waals surface area contributed by atoms with Crippen LogP contribution in [0.4, 0.5) is 0 Å². The summed E-state index contributed by atoms with van der Waals surface area (Å²) in [6.45, 7) is 2.15. The van der Waals surface area contributed by atoms with Gasteiger partial charge in [-0.25, -0.2) is 0 Å². The van der Waals surface area contributed by atoms with Crippen LogP contribution >= 0.6 is 0 Å². The lowest BCUT2D eigenvalue weighted by Gasteiger charge is -2.23. The molecule has 0 spiro atoms. The van der Waals surface area contributed by atoms with Crippen LogP contribution in [0, 0.1) is 12.8 Å². The van der Waals surface area contributed by atoms with Crippen LogP contribution in [0.15, 0.2) is 24.3 Å². The quantitative estimate of drug-likeness (QED) is 0.793. The highest BCUT2D eigenvalue weighted by Crippen LogP contribution is 2.35. The van der Waals surface area contributed by atoms with Crippen LogP contribution in [0.2, 0.25) is 0 Å². The first-order chi connectivity index (χ1) is 7.31. The Morgan fingerprint density at radius 2 is 1.73 bits per heavy atom. The van der Waals surface area contributed by atoms with Crippen molar-refractivity contribution in [3.05, 3.63) is 35.4 Å². The van der Waals surface area contributed by atoms with Crippen molar-refractivity contribution in [3.63, 3.8) is 0 Å². The fourth-order valence-corrected chi connectivity index (χ4v) is 2.74. The normalized spacial score (nSPS) is 19.3. The molecule has 1 fully saturated rings. The molecule has 1 saturated carbocycles. The first-order valence-electron chi connectivity index (χ1n) is 6.05. The number of hydrogen-bond acceptors (Lipinski definition) is 1. The average molecular weight is 203 g/mol. The molecule has 2 rings (SSSR count). The third kappa shape index (κ3) is 2.40. The summed E-state index contributed by atoms with van der Waals surface area (Å²) in [6.07, 6.45) is 5.60. The number of benzene rings is 1. The zero-order chi connectivity index (χ0) is 10.7. The van der Waals surface area contributed by atoms with Gasteiger partial charge in [0, 0.05) is 6.04 Å². The predicted molar refractivity (Wildman–Crippen MR) is 64.9 cm³/mol. The minimum atomic E-state index is 0.563. The van der Waals surface area contributed by atoms with Crippen molar-refractivity contribution >= 4 is 0 Å². The third-order valence-corrected chi connectivity index (χ3v) is 3.62. The molecule has 0 saturated heterocycles. The van der Waals surface area contributed by atoms with Crippen LogP contribution in [0.25, 0.3) is 0 Å². The minimum Gasteiger partial charge on any atom is -0.313 e. The molecule has 0 amide bonds. The van der Waals surface area contributed by atoms with Crippen LogP contribution in [0.1, 0.15) is 42.9 Å². The summed E-state index contributed by atoms with van der Waals surface area (Å²) in [5.41, 5.74) is 2.80. The van der Waals surface area contributed by atoms with E-state index in [9.17, 15) is 0 Å². The average Bonchev–Trinajstić information content (AvgIpc) is 2.75. The molecule has 0 heterocycles. The third-order valence-electron chi connectivity index (χ3n) is 3.62. The van der Waals surface area contributed by atoms with Gasteiger partial charge in [0.1, 0.15) is 0 Å². The lowest BCUT2D eigenvalue weighted by atomic mass is 9.91. The molecule has 1 aromatic carbocycles. The zero-order valence-electron chi connectivity index (χ0n) is 9.79. The van der Waals surface area contributed by atoms with Crippen molar-refractivity contribution in [1.29, 1.82) is 0 Å². The first-order valence-corrected chi connectivity index (χ1v) is 6.05. The van der Waals surface area contributed by atoms with Crippen LogP contribution in [-0.2, 0) is 0 Å². The first kappa shape index (κ1) is 10.7. The van der Waals surface area contributed by atoms with Gasteiger partial charge in [-0.2, -0.15) is 0 Å². The summed E-state index contributed by atoms with van der Waals surface area (Å²) in [5.74, 6) is 0.845. The molecule has 15 heavy (non-hydrogen) atoms. The molecule has 1 unspecified atom stereocenters. The smallest absolute Gasteiger partial charge is 0.0346 e. The summed E-state index contributed by atoms with van der Waals surface area (Å²) in [6, 6.07) is 9.54. The summed E-state index contributed by atoms with van der Waals surface area (Å²) in [4.78, 5) is 0. The van der Waals surface area contributed by atoms with Gasteiger partial charge in [0.25, 0.3) is 0 Å². The van der Waals surface area contributed by atoms with Crippen LogP contribution in [-0.4, -0.2) is 7.05 Å². The molecule has 0 bridgehead atoms. The molecule has 0 aromatic heterocycles. The van der Waals surface area contributed by atoms with E-state index in [1.54, 1.807) is 0 Å². The van der Waals surface area contributed by atoms with Gasteiger partial charge in [0.15, 0.2) is 0 Å². The minimum absolute atomic E-state index is 0.563. The molecule has 1 atom stereocenters. The molecule has 1 aromatic rings. The van der Waals surface area contributed by atoms with Crippen molar-refractivity contribution in [2.45, 2.75) is 38.6 Å². The van der Waals surface area contributed by atoms with E-state index in [1.807, 2.05) is 0 Å². The Kier molecular flexibility index (Phi) is 3.42. The fourth-order valence-electron chi connectivity index (χ4n) is 2.74. The molecule has 82 valence electrons. The van der Waals surface area contributed by atoms with Crippen molar-refractivity contribution < 1.29 is 0 Å². The maximum absolute atomic E-state index is 3.48. The van der Waals surface area contributed by atoms with Crippen LogP contribution in [0.5, 0.6) is 0 Å². The van der Waals surface area contributed by atoms with Crippen molar-refractivity contribution in [2.24, 2.45) is 5.92 Å². The second-order valence-electron chi connectivity index (χ2n) is 4.72. The summed E-state index contributed by atoms with van der Waals surface area (Å²) in [5, 5.41) is 3.48. The summed E-state index contributed by atoms with van der Waals surface area (Å²) < 4.78 is 0. The van der Waals surface area contributed by atoms with E-state index in [0.717, 1.165) is 5.92 Å². The Labute approximate surface area is 92.9 Å². The lowest BCUT2D eigenvalue weighted by Crippen LogP contribution is -2.23. The van der Waals surface area contributed by atoms with E-state index in [0.29, 0.717) is 6.04 Å². The number of aryl methyl sites for hydroxylation is 1. The van der Waals surface area contributed by atoms with Gasteiger partial charge >= 0.3 is 0 Å². The maximum atomic E-state index is 3.48. The van der Waals surface area contributed by atoms with Gasteiger partial charge in [0.2, 0.25) is 0 Å². The molecule has 1 N–H and O–H groups in total. The van der Waals surface area contributed by atoms with E-state index < -0.39 is 0 Å². The van der Waals surface area contributed by atoms with Crippen molar-refractivity contribution in [1.82, 2.24) is 5.32 Å². The van der Waals surface area contributed by atoms with Gasteiger partial charge in [-0.3, -0.25) is 0 Å². The van der Waals surface area contributed by atoms with Gasteiger partial charge in [-0.1, -0.05) is 42.7 Å². The monoisotopic (exact) mass is 203 g/mol. The Morgan fingerprint density at radius 1 is 1.13 bits per heavy atom. The number of hydrogen-bond donors (Lipinski definition) is 1. The Hall–Kier alpha value is -0.820. The number of rotatable bonds is 3. The lowest BCUT2D eigenvalue weighted by molar-refractivity contribution is 0.390. The second kappa shape index (κ2) is 4.80. The van der Waals surface area contributed by atoms with Gasteiger partial charge in [-0.15, -0.1) is 0 Å². The highest BCUT2D eigenvalue weighted by Gasteiger charge is 2.24. The molecular weight excluding hydrogens is 182 g/mol. The maximum Gasteiger partial charge on any atom is 0.0346 e. The van der Waals surface area contributed by atoms with Crippen molar-refractivity contribution in [2.75, 3.05) is 7.05 Å². The molecule has 1 heteroatoms. The topological polar surface area (TPSA) is 12.0 Å². The Balaban J connectivity index is 2.14. The molecule has 1 nitrogen and oxygen atoms in total. The van der Waals surface area contributed by atoms with E-state index in [2.05, 4.69) is 43.6 Å². The molecule has 0 aliphatic heterocycles. The number of nitrogens with one attached hydrogen (secondary N) is 1. The summed E-state index contributed by atoms with van der Waals surface area (Å²) >= 11 is 0. The molecule has 0 radical (unpaired) electrons. The van der Waals surface area contributed by atoms with E-state index in [4.69, 9.17) is 0 Å². The molecule has 1 aliphatic rings. The van der Waals surface area contributed by atoms with Crippen molar-refractivity contribution in [3.8, 4) is 0 Å².